The van der Waals surface area contributed by atoms with Crippen molar-refractivity contribution in [1.82, 2.24) is 9.97 Å². The quantitative estimate of drug-likeness (QED) is 0.489. The van der Waals surface area contributed by atoms with Crippen LogP contribution in [0.15, 0.2) is 35.6 Å². The molecule has 0 aliphatic carbocycles. The summed E-state index contributed by atoms with van der Waals surface area (Å²) in [6, 6.07) is 7.80. The summed E-state index contributed by atoms with van der Waals surface area (Å²) in [5, 5.41) is 0.553. The second kappa shape index (κ2) is 5.84. The van der Waals surface area contributed by atoms with Crippen LogP contribution in [0.4, 0.5) is 0 Å². The largest absolute Gasteiger partial charge is 0.464 e. The topological polar surface area (TPSA) is 52.1 Å². The molecule has 98 valence electrons. The molecule has 0 unspecified atom stereocenters. The van der Waals surface area contributed by atoms with Gasteiger partial charge in [-0.25, -0.2) is 14.8 Å². The van der Waals surface area contributed by atoms with Gasteiger partial charge in [0.2, 0.25) is 0 Å². The minimum absolute atomic E-state index is 0.302. The van der Waals surface area contributed by atoms with E-state index in [0.29, 0.717) is 16.4 Å². The van der Waals surface area contributed by atoms with Gasteiger partial charge in [0.05, 0.1) is 7.11 Å². The van der Waals surface area contributed by atoms with E-state index >= 15 is 0 Å². The van der Waals surface area contributed by atoms with Gasteiger partial charge in [-0.15, -0.1) is 0 Å². The molecule has 0 N–H and O–H groups in total. The van der Waals surface area contributed by atoms with E-state index in [1.165, 1.54) is 18.9 Å². The van der Waals surface area contributed by atoms with Crippen LogP contribution in [-0.2, 0) is 4.74 Å². The molecule has 0 bridgehead atoms. The summed E-state index contributed by atoms with van der Waals surface area (Å²) in [6.45, 7) is 1.98. The molecule has 0 spiro atoms. The fourth-order valence-corrected chi connectivity index (χ4v) is 2.13. The number of thioether (sulfide) groups is 1. The number of hydrogen-bond acceptors (Lipinski definition) is 5. The predicted octanol–water partition coefficient (Wildman–Crippen LogP) is 2.96. The van der Waals surface area contributed by atoms with E-state index < -0.39 is 5.97 Å². The van der Waals surface area contributed by atoms with Gasteiger partial charge in [0.1, 0.15) is 0 Å². The summed E-state index contributed by atoms with van der Waals surface area (Å²) >= 11 is 1.39. The maximum atomic E-state index is 11.9. The van der Waals surface area contributed by atoms with Crippen LogP contribution in [0.25, 0.3) is 11.1 Å². The highest BCUT2D eigenvalue weighted by atomic mass is 32.2. The molecule has 0 fully saturated rings. The van der Waals surface area contributed by atoms with Crippen LogP contribution in [0.5, 0.6) is 0 Å². The molecule has 0 radical (unpaired) electrons. The highest BCUT2D eigenvalue weighted by molar-refractivity contribution is 7.98. The number of rotatable bonds is 3. The average Bonchev–Trinajstić information content (AvgIpc) is 2.46. The Balaban J connectivity index is 2.63. The monoisotopic (exact) mass is 274 g/mol. The van der Waals surface area contributed by atoms with E-state index in [1.807, 2.05) is 37.4 Å². The Hall–Kier alpha value is -1.88. The van der Waals surface area contributed by atoms with Gasteiger partial charge >= 0.3 is 5.97 Å². The molecule has 5 heteroatoms. The van der Waals surface area contributed by atoms with Crippen molar-refractivity contribution < 1.29 is 9.53 Å². The van der Waals surface area contributed by atoms with Crippen LogP contribution in [-0.4, -0.2) is 29.3 Å². The Morgan fingerprint density at radius 3 is 2.63 bits per heavy atom. The van der Waals surface area contributed by atoms with Crippen LogP contribution in [0, 0.1) is 6.92 Å². The molecule has 1 aromatic heterocycles. The molecule has 0 saturated carbocycles. The Morgan fingerprint density at radius 1 is 1.26 bits per heavy atom. The number of carbonyl (C=O) groups is 1. The molecule has 1 aromatic carbocycles. The first-order valence-electron chi connectivity index (χ1n) is 5.72. The van der Waals surface area contributed by atoms with Gasteiger partial charge in [-0.3, -0.25) is 0 Å². The van der Waals surface area contributed by atoms with Crippen LogP contribution < -0.4 is 0 Å². The van der Waals surface area contributed by atoms with Crippen molar-refractivity contribution in [2.24, 2.45) is 0 Å². The first-order chi connectivity index (χ1) is 9.17. The summed E-state index contributed by atoms with van der Waals surface area (Å²) in [4.78, 5) is 20.4. The molecule has 0 aliphatic heterocycles. The molecule has 0 atom stereocenters. The number of esters is 1. The predicted molar refractivity (Wildman–Crippen MR) is 75.3 cm³/mol. The number of hydrogen-bond donors (Lipinski definition) is 0. The number of nitrogens with zero attached hydrogens (tertiary/aromatic N) is 2. The second-order valence-corrected chi connectivity index (χ2v) is 4.70. The van der Waals surface area contributed by atoms with Crippen molar-refractivity contribution in [3.05, 3.63) is 41.7 Å². The number of ether oxygens (including phenoxy) is 1. The second-order valence-electron chi connectivity index (χ2n) is 3.93. The zero-order chi connectivity index (χ0) is 13.8. The summed E-state index contributed by atoms with van der Waals surface area (Å²) in [5.41, 5.74) is 3.00. The smallest absolute Gasteiger partial charge is 0.357 e. The van der Waals surface area contributed by atoms with Gasteiger partial charge in [0.25, 0.3) is 0 Å². The summed E-state index contributed by atoms with van der Waals surface area (Å²) in [5.74, 6) is -0.448. The Kier molecular flexibility index (Phi) is 4.16. The average molecular weight is 274 g/mol. The summed E-state index contributed by atoms with van der Waals surface area (Å²) < 4.78 is 4.80. The normalized spacial score (nSPS) is 10.3. The summed E-state index contributed by atoms with van der Waals surface area (Å²) in [6.07, 6.45) is 3.54. The van der Waals surface area contributed by atoms with E-state index in [9.17, 15) is 4.79 Å². The van der Waals surface area contributed by atoms with E-state index in [0.717, 1.165) is 11.1 Å². The molecule has 0 aliphatic rings. The molecule has 1 heterocycles. The maximum absolute atomic E-state index is 11.9. The lowest BCUT2D eigenvalue weighted by atomic mass is 10.0. The lowest BCUT2D eigenvalue weighted by Gasteiger charge is -2.10. The lowest BCUT2D eigenvalue weighted by Crippen LogP contribution is -2.08. The Bertz CT molecular complexity index is 614. The molecule has 2 rings (SSSR count). The minimum Gasteiger partial charge on any atom is -0.464 e. The Labute approximate surface area is 116 Å². The molecular formula is C14H14N2O2S. The first kappa shape index (κ1) is 13.5. The van der Waals surface area contributed by atoms with Crippen molar-refractivity contribution in [1.29, 1.82) is 0 Å². The van der Waals surface area contributed by atoms with Gasteiger partial charge in [-0.2, -0.15) is 0 Å². The number of methoxy groups -OCH3 is 1. The van der Waals surface area contributed by atoms with E-state index in [1.54, 1.807) is 6.20 Å². The third-order valence-electron chi connectivity index (χ3n) is 2.76. The molecule has 4 nitrogen and oxygen atoms in total. The summed E-state index contributed by atoms with van der Waals surface area (Å²) in [7, 11) is 1.35. The molecule has 0 saturated heterocycles. The van der Waals surface area contributed by atoms with E-state index in [-0.39, 0.29) is 0 Å². The van der Waals surface area contributed by atoms with Gasteiger partial charge in [0, 0.05) is 11.8 Å². The van der Waals surface area contributed by atoms with Gasteiger partial charge in [-0.05, 0) is 24.3 Å². The van der Waals surface area contributed by atoms with Crippen molar-refractivity contribution in [3.63, 3.8) is 0 Å². The highest BCUT2D eigenvalue weighted by Crippen LogP contribution is 2.26. The van der Waals surface area contributed by atoms with Crippen molar-refractivity contribution in [3.8, 4) is 11.1 Å². The standard InChI is InChI=1S/C14H14N2O2S/c1-9-6-4-5-7-10(9)11-8-15-14(19-3)16-12(11)13(17)18-2/h4-8H,1-3H3. The van der Waals surface area contributed by atoms with Crippen LogP contribution >= 0.6 is 11.8 Å². The van der Waals surface area contributed by atoms with Crippen molar-refractivity contribution >= 4 is 17.7 Å². The van der Waals surface area contributed by atoms with Gasteiger partial charge < -0.3 is 4.74 Å². The fourth-order valence-electron chi connectivity index (χ4n) is 1.79. The molecule has 2 aromatic rings. The fraction of sp³-hybridized carbons (Fsp3) is 0.214. The van der Waals surface area contributed by atoms with Gasteiger partial charge in [0.15, 0.2) is 10.9 Å². The first-order valence-corrected chi connectivity index (χ1v) is 6.95. The number of benzene rings is 1. The SMILES string of the molecule is COC(=O)c1nc(SC)ncc1-c1ccccc1C. The zero-order valence-corrected chi connectivity index (χ0v) is 11.8. The lowest BCUT2D eigenvalue weighted by molar-refractivity contribution is 0.0594. The zero-order valence-electron chi connectivity index (χ0n) is 11.0. The van der Waals surface area contributed by atoms with Gasteiger partial charge in [-0.1, -0.05) is 36.0 Å². The van der Waals surface area contributed by atoms with Crippen LogP contribution in [0.2, 0.25) is 0 Å². The van der Waals surface area contributed by atoms with E-state index in [2.05, 4.69) is 9.97 Å². The van der Waals surface area contributed by atoms with Crippen molar-refractivity contribution in [2.75, 3.05) is 13.4 Å². The molecular weight excluding hydrogens is 260 g/mol. The van der Waals surface area contributed by atoms with Crippen molar-refractivity contribution in [2.45, 2.75) is 12.1 Å². The maximum Gasteiger partial charge on any atom is 0.357 e. The molecule has 0 amide bonds. The number of aromatic nitrogens is 2. The van der Waals surface area contributed by atoms with E-state index in [4.69, 9.17) is 4.74 Å². The molecule has 19 heavy (non-hydrogen) atoms. The third-order valence-corrected chi connectivity index (χ3v) is 3.33. The number of carbonyl (C=O) groups excluding carboxylic acids is 1. The third kappa shape index (κ3) is 2.76. The van der Waals surface area contributed by atoms with Crippen LogP contribution in [0.3, 0.4) is 0 Å². The number of aryl methyl sites for hydroxylation is 1. The van der Waals surface area contributed by atoms with Crippen LogP contribution in [0.1, 0.15) is 16.1 Å². The highest BCUT2D eigenvalue weighted by Gasteiger charge is 2.17. The minimum atomic E-state index is -0.448. The Morgan fingerprint density at radius 2 is 2.00 bits per heavy atom.